The molecule has 0 bridgehead atoms. The zero-order valence-electron chi connectivity index (χ0n) is 14.4. The van der Waals surface area contributed by atoms with Crippen molar-refractivity contribution < 1.29 is 28.6 Å². The maximum atomic E-state index is 13.2. The summed E-state index contributed by atoms with van der Waals surface area (Å²) in [6.07, 6.45) is -1.01. The molecule has 25 heavy (non-hydrogen) atoms. The molecule has 1 aromatic carbocycles. The fraction of sp³-hybridized carbons (Fsp3) is 0.529. The average Bonchev–Trinajstić information content (AvgIpc) is 2.53. The van der Waals surface area contributed by atoms with E-state index in [1.165, 1.54) is 18.2 Å². The number of nitrogens with zero attached hydrogens (tertiary/aromatic N) is 2. The molecule has 8 heteroatoms. The average molecular weight is 354 g/mol. The first-order chi connectivity index (χ1) is 11.8. The lowest BCUT2D eigenvalue weighted by molar-refractivity contribution is -0.147. The van der Waals surface area contributed by atoms with Crippen LogP contribution in [0.25, 0.3) is 0 Å². The first-order valence-corrected chi connectivity index (χ1v) is 8.08. The summed E-state index contributed by atoms with van der Waals surface area (Å²) < 4.78 is 24.3. The number of hydrogen-bond donors (Lipinski definition) is 1. The number of carbonyl (C=O) groups is 2. The van der Waals surface area contributed by atoms with E-state index in [2.05, 4.69) is 0 Å². The maximum Gasteiger partial charge on any atom is 0.317 e. The molecule has 0 spiro atoms. The molecule has 1 heterocycles. The Morgan fingerprint density at radius 1 is 1.52 bits per heavy atom. The standard InChI is InChI=1S/C17H23FN2O5/c1-12(25-14-5-3-4-13(18)8-14)17(23)20-6-7-24-15(10-20)9-19(2)11-16(21)22/h3-5,8,12,15H,6-7,9-11H2,1-2H3,(H,21,22)/t12-,15+/m0/s1. The Balaban J connectivity index is 1.88. The SMILES string of the molecule is C[C@H](Oc1cccc(F)c1)C(=O)N1CCO[C@H](CN(C)CC(=O)O)C1. The Morgan fingerprint density at radius 2 is 2.28 bits per heavy atom. The number of ether oxygens (including phenoxy) is 2. The Morgan fingerprint density at radius 3 is 2.96 bits per heavy atom. The normalized spacial score (nSPS) is 18.9. The summed E-state index contributed by atoms with van der Waals surface area (Å²) in [6.45, 7) is 3.12. The number of carboxylic acids is 1. The molecule has 2 rings (SSSR count). The number of halogens is 1. The number of benzene rings is 1. The lowest BCUT2D eigenvalue weighted by Crippen LogP contribution is -2.52. The van der Waals surface area contributed by atoms with E-state index in [0.29, 0.717) is 32.0 Å². The molecule has 7 nitrogen and oxygen atoms in total. The molecule has 0 radical (unpaired) electrons. The van der Waals surface area contributed by atoms with Gasteiger partial charge in [0.15, 0.2) is 6.10 Å². The van der Waals surface area contributed by atoms with Gasteiger partial charge in [0.25, 0.3) is 5.91 Å². The van der Waals surface area contributed by atoms with Crippen LogP contribution < -0.4 is 4.74 Å². The van der Waals surface area contributed by atoms with E-state index in [1.807, 2.05) is 0 Å². The number of hydrogen-bond acceptors (Lipinski definition) is 5. The van der Waals surface area contributed by atoms with E-state index < -0.39 is 17.9 Å². The van der Waals surface area contributed by atoms with Crippen molar-refractivity contribution in [1.82, 2.24) is 9.80 Å². The quantitative estimate of drug-likeness (QED) is 0.782. The van der Waals surface area contributed by atoms with Gasteiger partial charge < -0.3 is 19.5 Å². The van der Waals surface area contributed by atoms with Crippen LogP contribution in [0.1, 0.15) is 6.92 Å². The van der Waals surface area contributed by atoms with Crippen molar-refractivity contribution in [3.05, 3.63) is 30.1 Å². The fourth-order valence-electron chi connectivity index (χ4n) is 2.73. The molecule has 1 aromatic rings. The van der Waals surface area contributed by atoms with Gasteiger partial charge in [0.2, 0.25) is 0 Å². The third-order valence-corrected chi connectivity index (χ3v) is 3.83. The van der Waals surface area contributed by atoms with Crippen LogP contribution in [0.15, 0.2) is 24.3 Å². The molecule has 1 saturated heterocycles. The largest absolute Gasteiger partial charge is 0.481 e. The smallest absolute Gasteiger partial charge is 0.317 e. The number of carbonyl (C=O) groups excluding carboxylic acids is 1. The monoisotopic (exact) mass is 354 g/mol. The zero-order chi connectivity index (χ0) is 18.4. The van der Waals surface area contributed by atoms with Gasteiger partial charge in [0, 0.05) is 25.7 Å². The van der Waals surface area contributed by atoms with Crippen LogP contribution in [-0.4, -0.2) is 78.8 Å². The lowest BCUT2D eigenvalue weighted by Gasteiger charge is -2.35. The second-order valence-corrected chi connectivity index (χ2v) is 6.08. The van der Waals surface area contributed by atoms with Crippen LogP contribution in [0, 0.1) is 5.82 Å². The van der Waals surface area contributed by atoms with Crippen LogP contribution >= 0.6 is 0 Å². The maximum absolute atomic E-state index is 13.2. The fourth-order valence-corrected chi connectivity index (χ4v) is 2.73. The third-order valence-electron chi connectivity index (χ3n) is 3.83. The Kier molecular flexibility index (Phi) is 6.72. The Bertz CT molecular complexity index is 612. The summed E-state index contributed by atoms with van der Waals surface area (Å²) in [6, 6.07) is 5.65. The first kappa shape index (κ1) is 19.1. The molecule has 0 saturated carbocycles. The van der Waals surface area contributed by atoms with Gasteiger partial charge in [0.1, 0.15) is 11.6 Å². The van der Waals surface area contributed by atoms with Crippen LogP contribution in [0.4, 0.5) is 4.39 Å². The van der Waals surface area contributed by atoms with Crippen molar-refractivity contribution in [3.63, 3.8) is 0 Å². The van der Waals surface area contributed by atoms with Gasteiger partial charge in [-0.05, 0) is 26.1 Å². The van der Waals surface area contributed by atoms with Crippen molar-refractivity contribution in [2.24, 2.45) is 0 Å². The Hall–Kier alpha value is -2.19. The molecule has 1 N–H and O–H groups in total. The summed E-state index contributed by atoms with van der Waals surface area (Å²) in [7, 11) is 1.69. The van der Waals surface area contributed by atoms with E-state index in [4.69, 9.17) is 14.6 Å². The van der Waals surface area contributed by atoms with Gasteiger partial charge in [-0.1, -0.05) is 6.07 Å². The van der Waals surface area contributed by atoms with Gasteiger partial charge in [0.05, 0.1) is 19.3 Å². The number of carboxylic acid groups (broad SMARTS) is 1. The second kappa shape index (κ2) is 8.77. The molecule has 1 fully saturated rings. The van der Waals surface area contributed by atoms with E-state index in [-0.39, 0.29) is 18.6 Å². The van der Waals surface area contributed by atoms with Gasteiger partial charge >= 0.3 is 5.97 Å². The summed E-state index contributed by atoms with van der Waals surface area (Å²) in [4.78, 5) is 26.5. The first-order valence-electron chi connectivity index (χ1n) is 8.08. The van der Waals surface area contributed by atoms with E-state index >= 15 is 0 Å². The minimum absolute atomic E-state index is 0.0904. The van der Waals surface area contributed by atoms with Crippen molar-refractivity contribution in [1.29, 1.82) is 0 Å². The summed E-state index contributed by atoms with van der Waals surface area (Å²) in [5, 5.41) is 8.80. The predicted molar refractivity (Wildman–Crippen MR) is 87.9 cm³/mol. The van der Waals surface area contributed by atoms with Gasteiger partial charge in [-0.2, -0.15) is 0 Å². The highest BCUT2D eigenvalue weighted by molar-refractivity contribution is 5.81. The topological polar surface area (TPSA) is 79.3 Å². The molecular weight excluding hydrogens is 331 g/mol. The summed E-state index contributed by atoms with van der Waals surface area (Å²) in [5.74, 6) is -1.25. The van der Waals surface area contributed by atoms with Crippen LogP contribution in [0.5, 0.6) is 5.75 Å². The number of likely N-dealkylation sites (N-methyl/N-ethyl adjacent to an activating group) is 1. The molecule has 1 aliphatic heterocycles. The highest BCUT2D eigenvalue weighted by Gasteiger charge is 2.29. The minimum atomic E-state index is -0.914. The van der Waals surface area contributed by atoms with Crippen LogP contribution in [0.3, 0.4) is 0 Å². The molecule has 2 atom stereocenters. The minimum Gasteiger partial charge on any atom is -0.481 e. The molecule has 1 aliphatic rings. The van der Waals surface area contributed by atoms with Gasteiger partial charge in [-0.25, -0.2) is 4.39 Å². The van der Waals surface area contributed by atoms with E-state index in [9.17, 15) is 14.0 Å². The predicted octanol–water partition coefficient (Wildman–Crippen LogP) is 0.837. The lowest BCUT2D eigenvalue weighted by atomic mass is 10.2. The zero-order valence-corrected chi connectivity index (χ0v) is 14.4. The number of rotatable bonds is 7. The Labute approximate surface area is 145 Å². The summed E-state index contributed by atoms with van der Waals surface area (Å²) >= 11 is 0. The third kappa shape index (κ3) is 5.99. The van der Waals surface area contributed by atoms with Crippen molar-refractivity contribution in [2.45, 2.75) is 19.1 Å². The van der Waals surface area contributed by atoms with Gasteiger partial charge in [-0.15, -0.1) is 0 Å². The van der Waals surface area contributed by atoms with Crippen molar-refractivity contribution in [3.8, 4) is 5.75 Å². The molecule has 0 aliphatic carbocycles. The van der Waals surface area contributed by atoms with Crippen LogP contribution in [-0.2, 0) is 14.3 Å². The van der Waals surface area contributed by atoms with Crippen molar-refractivity contribution in [2.75, 3.05) is 39.8 Å². The highest BCUT2D eigenvalue weighted by atomic mass is 19.1. The number of morpholine rings is 1. The highest BCUT2D eigenvalue weighted by Crippen LogP contribution is 2.16. The molecule has 1 amide bonds. The number of amides is 1. The van der Waals surface area contributed by atoms with Gasteiger partial charge in [-0.3, -0.25) is 14.5 Å². The summed E-state index contributed by atoms with van der Waals surface area (Å²) in [5.41, 5.74) is 0. The molecule has 138 valence electrons. The molecule has 0 aromatic heterocycles. The van der Waals surface area contributed by atoms with Crippen molar-refractivity contribution >= 4 is 11.9 Å². The van der Waals surface area contributed by atoms with Crippen LogP contribution in [0.2, 0.25) is 0 Å². The second-order valence-electron chi connectivity index (χ2n) is 6.08. The number of aliphatic carboxylic acids is 1. The molecular formula is C17H23FN2O5. The van der Waals surface area contributed by atoms with E-state index in [0.717, 1.165) is 0 Å². The van der Waals surface area contributed by atoms with E-state index in [1.54, 1.807) is 29.8 Å². The molecule has 0 unspecified atom stereocenters.